The topological polar surface area (TPSA) is 77.8 Å². The third-order valence-corrected chi connectivity index (χ3v) is 5.07. The average Bonchev–Trinajstić information content (AvgIpc) is 3.01. The number of amides is 1. The molecule has 0 bridgehead atoms. The van der Waals surface area contributed by atoms with Gasteiger partial charge >= 0.3 is 5.97 Å². The molecular formula is C14H15NO4S. The van der Waals surface area contributed by atoms with Crippen molar-refractivity contribution in [1.82, 2.24) is 4.90 Å². The van der Waals surface area contributed by atoms with E-state index in [1.54, 1.807) is 0 Å². The van der Waals surface area contributed by atoms with Crippen molar-refractivity contribution in [1.29, 1.82) is 0 Å². The van der Waals surface area contributed by atoms with Gasteiger partial charge in [-0.1, -0.05) is 18.2 Å². The van der Waals surface area contributed by atoms with Crippen LogP contribution in [0.5, 0.6) is 0 Å². The number of thioether (sulfide) groups is 1. The summed E-state index contributed by atoms with van der Waals surface area (Å²) in [4.78, 5) is 26.1. The van der Waals surface area contributed by atoms with E-state index >= 15 is 0 Å². The van der Waals surface area contributed by atoms with E-state index in [9.17, 15) is 14.7 Å². The zero-order valence-corrected chi connectivity index (χ0v) is 11.5. The third-order valence-electron chi connectivity index (χ3n) is 3.77. The molecule has 1 aromatic carbocycles. The van der Waals surface area contributed by atoms with Gasteiger partial charge in [0.15, 0.2) is 0 Å². The zero-order chi connectivity index (χ0) is 14.3. The minimum Gasteiger partial charge on any atom is -0.480 e. The van der Waals surface area contributed by atoms with Gasteiger partial charge in [0.1, 0.15) is 6.04 Å². The lowest BCUT2D eigenvalue weighted by molar-refractivity contribution is -0.148. The van der Waals surface area contributed by atoms with Crippen molar-refractivity contribution in [2.45, 2.75) is 35.1 Å². The Morgan fingerprint density at radius 1 is 1.30 bits per heavy atom. The first-order chi connectivity index (χ1) is 9.56. The molecule has 1 aromatic rings. The second kappa shape index (κ2) is 5.10. The Kier molecular flexibility index (Phi) is 3.43. The first-order valence-electron chi connectivity index (χ1n) is 6.52. The molecule has 0 saturated carbocycles. The van der Waals surface area contributed by atoms with Crippen molar-refractivity contribution in [3.05, 3.63) is 29.8 Å². The number of nitrogens with zero attached hydrogens (tertiary/aromatic N) is 1. The smallest absolute Gasteiger partial charge is 0.326 e. The normalized spacial score (nSPS) is 28.4. The maximum Gasteiger partial charge on any atom is 0.326 e. The van der Waals surface area contributed by atoms with Gasteiger partial charge in [-0.25, -0.2) is 4.79 Å². The van der Waals surface area contributed by atoms with Crippen LogP contribution in [0.1, 0.15) is 12.0 Å². The van der Waals surface area contributed by atoms with Crippen molar-refractivity contribution < 1.29 is 19.8 Å². The number of aliphatic carboxylic acids is 1. The molecule has 1 fully saturated rings. The SMILES string of the molecule is O=C(O)[C@@H]1CC(O)CN1C(=O)C1Cc2ccccc2S1. The average molecular weight is 293 g/mol. The fraction of sp³-hybridized carbons (Fsp3) is 0.429. The summed E-state index contributed by atoms with van der Waals surface area (Å²) in [5, 5.41) is 18.5. The molecule has 106 valence electrons. The summed E-state index contributed by atoms with van der Waals surface area (Å²) in [6, 6.07) is 6.93. The summed E-state index contributed by atoms with van der Waals surface area (Å²) < 4.78 is 0. The molecule has 2 N–H and O–H groups in total. The van der Waals surface area contributed by atoms with Crippen molar-refractivity contribution in [2.75, 3.05) is 6.54 Å². The highest BCUT2D eigenvalue weighted by Crippen LogP contribution is 2.38. The molecule has 2 aliphatic rings. The quantitative estimate of drug-likeness (QED) is 0.841. The Morgan fingerprint density at radius 2 is 2.05 bits per heavy atom. The van der Waals surface area contributed by atoms with Gasteiger partial charge in [0, 0.05) is 17.9 Å². The van der Waals surface area contributed by atoms with E-state index in [1.807, 2.05) is 24.3 Å². The molecule has 2 aliphatic heterocycles. The van der Waals surface area contributed by atoms with Crippen molar-refractivity contribution >= 4 is 23.6 Å². The standard InChI is InChI=1S/C14H15NO4S/c16-9-6-10(14(18)19)15(7-9)13(17)12-5-8-3-1-2-4-11(8)20-12/h1-4,9-10,12,16H,5-7H2,(H,18,19)/t9?,10-,12?/m0/s1. The molecule has 3 rings (SSSR count). The number of rotatable bonds is 2. The van der Waals surface area contributed by atoms with E-state index in [0.29, 0.717) is 6.42 Å². The Labute approximate surface area is 120 Å². The van der Waals surface area contributed by atoms with Gasteiger partial charge in [-0.2, -0.15) is 0 Å². The molecule has 2 unspecified atom stereocenters. The molecule has 1 saturated heterocycles. The number of benzene rings is 1. The number of carboxylic acid groups (broad SMARTS) is 1. The highest BCUT2D eigenvalue weighted by atomic mass is 32.2. The fourth-order valence-corrected chi connectivity index (χ4v) is 4.06. The van der Waals surface area contributed by atoms with Crippen LogP contribution in [0.2, 0.25) is 0 Å². The summed E-state index contributed by atoms with van der Waals surface area (Å²) in [5.41, 5.74) is 1.13. The molecule has 20 heavy (non-hydrogen) atoms. The van der Waals surface area contributed by atoms with E-state index in [4.69, 9.17) is 5.11 Å². The van der Waals surface area contributed by atoms with Crippen molar-refractivity contribution in [2.24, 2.45) is 0 Å². The lowest BCUT2D eigenvalue weighted by Crippen LogP contribution is -2.44. The van der Waals surface area contributed by atoms with E-state index in [1.165, 1.54) is 16.7 Å². The van der Waals surface area contributed by atoms with Crippen LogP contribution in [0.4, 0.5) is 0 Å². The van der Waals surface area contributed by atoms with Crippen LogP contribution in [0.25, 0.3) is 0 Å². The second-order valence-corrected chi connectivity index (χ2v) is 6.40. The molecule has 6 heteroatoms. The Hall–Kier alpha value is -1.53. The lowest BCUT2D eigenvalue weighted by Gasteiger charge is -2.23. The lowest BCUT2D eigenvalue weighted by atomic mass is 10.1. The van der Waals surface area contributed by atoms with Crippen LogP contribution in [0.3, 0.4) is 0 Å². The highest BCUT2D eigenvalue weighted by molar-refractivity contribution is 8.01. The van der Waals surface area contributed by atoms with Crippen LogP contribution in [-0.4, -0.2) is 50.9 Å². The number of carboxylic acids is 1. The highest BCUT2D eigenvalue weighted by Gasteiger charge is 2.42. The number of aliphatic hydroxyl groups excluding tert-OH is 1. The molecule has 0 aromatic heterocycles. The van der Waals surface area contributed by atoms with Crippen LogP contribution in [-0.2, 0) is 16.0 Å². The van der Waals surface area contributed by atoms with Crippen LogP contribution in [0, 0.1) is 0 Å². The number of carbonyl (C=O) groups is 2. The zero-order valence-electron chi connectivity index (χ0n) is 10.7. The predicted molar refractivity (Wildman–Crippen MR) is 73.6 cm³/mol. The van der Waals surface area contributed by atoms with E-state index in [2.05, 4.69) is 0 Å². The minimum atomic E-state index is -1.05. The molecule has 0 spiro atoms. The third kappa shape index (κ3) is 2.29. The van der Waals surface area contributed by atoms with E-state index < -0.39 is 18.1 Å². The molecule has 0 radical (unpaired) electrons. The number of carbonyl (C=O) groups excluding carboxylic acids is 1. The minimum absolute atomic E-state index is 0.114. The monoisotopic (exact) mass is 293 g/mol. The number of hydrogen-bond acceptors (Lipinski definition) is 4. The fourth-order valence-electron chi connectivity index (χ4n) is 2.80. The van der Waals surface area contributed by atoms with E-state index in [-0.39, 0.29) is 24.1 Å². The number of hydrogen-bond donors (Lipinski definition) is 2. The van der Waals surface area contributed by atoms with Gasteiger partial charge in [0.25, 0.3) is 0 Å². The molecule has 3 atom stereocenters. The summed E-state index contributed by atoms with van der Waals surface area (Å²) in [6.45, 7) is 0.114. The van der Waals surface area contributed by atoms with Gasteiger partial charge in [-0.15, -0.1) is 11.8 Å². The van der Waals surface area contributed by atoms with Gasteiger partial charge in [0.2, 0.25) is 5.91 Å². The number of aliphatic hydroxyl groups is 1. The first kappa shape index (κ1) is 13.5. The molecule has 5 nitrogen and oxygen atoms in total. The van der Waals surface area contributed by atoms with Gasteiger partial charge in [-0.3, -0.25) is 4.79 Å². The van der Waals surface area contributed by atoms with Gasteiger partial charge < -0.3 is 15.1 Å². The predicted octanol–water partition coefficient (Wildman–Crippen LogP) is 0.750. The van der Waals surface area contributed by atoms with Crippen LogP contribution in [0.15, 0.2) is 29.2 Å². The second-order valence-electron chi connectivity index (χ2n) is 5.15. The maximum atomic E-state index is 12.5. The van der Waals surface area contributed by atoms with Gasteiger partial charge in [0.05, 0.1) is 11.4 Å². The largest absolute Gasteiger partial charge is 0.480 e. The molecule has 1 amide bonds. The van der Waals surface area contributed by atoms with E-state index in [0.717, 1.165) is 10.5 Å². The number of likely N-dealkylation sites (tertiary alicyclic amines) is 1. The van der Waals surface area contributed by atoms with Crippen LogP contribution >= 0.6 is 11.8 Å². The first-order valence-corrected chi connectivity index (χ1v) is 7.40. The molecule has 0 aliphatic carbocycles. The summed E-state index contributed by atoms with van der Waals surface area (Å²) in [7, 11) is 0. The van der Waals surface area contributed by atoms with Crippen molar-refractivity contribution in [3.63, 3.8) is 0 Å². The summed E-state index contributed by atoms with van der Waals surface area (Å²) >= 11 is 1.48. The maximum absolute atomic E-state index is 12.5. The summed E-state index contributed by atoms with van der Waals surface area (Å²) in [5.74, 6) is -1.23. The molecular weight excluding hydrogens is 278 g/mol. The van der Waals surface area contributed by atoms with Crippen LogP contribution < -0.4 is 0 Å². The van der Waals surface area contributed by atoms with Gasteiger partial charge in [-0.05, 0) is 18.1 Å². The Bertz CT molecular complexity index is 537. The Balaban J connectivity index is 1.76. The Morgan fingerprint density at radius 3 is 2.75 bits per heavy atom. The number of β-amino-alcohol motifs (C(OH)–C–C–N with tert-alkyl or cyclic N) is 1. The number of fused-ring (bicyclic) bond motifs is 1. The van der Waals surface area contributed by atoms with Crippen molar-refractivity contribution in [3.8, 4) is 0 Å². The molecule has 2 heterocycles. The summed E-state index contributed by atoms with van der Waals surface area (Å²) in [6.07, 6.45) is -0.00173.